The van der Waals surface area contributed by atoms with Crippen LogP contribution in [0.1, 0.15) is 29.2 Å². The highest BCUT2D eigenvalue weighted by Gasteiger charge is 2.26. The van der Waals surface area contributed by atoms with E-state index in [4.69, 9.17) is 0 Å². The fourth-order valence-corrected chi connectivity index (χ4v) is 2.01. The molecule has 0 saturated carbocycles. The number of alkyl halides is 3. The van der Waals surface area contributed by atoms with Gasteiger partial charge in [0.2, 0.25) is 0 Å². The second-order valence-corrected chi connectivity index (χ2v) is 5.06. The topological polar surface area (TPSA) is 40.7 Å². The molecule has 114 valence electrons. The Morgan fingerprint density at radius 3 is 2.62 bits per heavy atom. The molecule has 6 heteroatoms. The van der Waals surface area contributed by atoms with Crippen molar-refractivity contribution < 1.29 is 13.2 Å². The van der Waals surface area contributed by atoms with Gasteiger partial charge in [0.1, 0.15) is 5.82 Å². The standard InChI is InChI=1S/C15H18F3N3/c1-10-11(2)21-14(20-10)9-19-13-5-3-4-12(8-13)6-7-15(16,17)18/h3-5,8,19H,6-7,9H2,1-2H3,(H,20,21). The first-order valence-electron chi connectivity index (χ1n) is 6.75. The summed E-state index contributed by atoms with van der Waals surface area (Å²) in [6, 6.07) is 7.04. The Bertz CT molecular complexity index is 583. The number of nitrogens with zero attached hydrogens (tertiary/aromatic N) is 1. The van der Waals surface area contributed by atoms with Crippen LogP contribution in [0.25, 0.3) is 0 Å². The van der Waals surface area contributed by atoms with Crippen molar-refractivity contribution in [2.45, 2.75) is 39.4 Å². The Morgan fingerprint density at radius 2 is 2.00 bits per heavy atom. The minimum atomic E-state index is -4.12. The van der Waals surface area contributed by atoms with Gasteiger partial charge in [0.15, 0.2) is 0 Å². The molecule has 0 saturated heterocycles. The molecule has 21 heavy (non-hydrogen) atoms. The van der Waals surface area contributed by atoms with Gasteiger partial charge in [-0.15, -0.1) is 0 Å². The molecule has 0 bridgehead atoms. The first-order valence-corrected chi connectivity index (χ1v) is 6.75. The summed E-state index contributed by atoms with van der Waals surface area (Å²) in [6.45, 7) is 4.38. The number of halogens is 3. The minimum absolute atomic E-state index is 0.00200. The van der Waals surface area contributed by atoms with Crippen molar-refractivity contribution in [3.05, 3.63) is 47.0 Å². The Hall–Kier alpha value is -1.98. The first kappa shape index (κ1) is 15.4. The average molecular weight is 297 g/mol. The molecular formula is C15H18F3N3. The van der Waals surface area contributed by atoms with E-state index in [9.17, 15) is 13.2 Å². The van der Waals surface area contributed by atoms with Crippen LogP contribution in [0.2, 0.25) is 0 Å². The summed E-state index contributed by atoms with van der Waals surface area (Å²) in [6.07, 6.45) is -4.92. The van der Waals surface area contributed by atoms with Crippen LogP contribution in [0.15, 0.2) is 24.3 Å². The summed E-state index contributed by atoms with van der Waals surface area (Å²) >= 11 is 0. The third-order valence-electron chi connectivity index (χ3n) is 3.26. The number of hydrogen-bond acceptors (Lipinski definition) is 2. The summed E-state index contributed by atoms with van der Waals surface area (Å²) in [5.74, 6) is 0.811. The monoisotopic (exact) mass is 297 g/mol. The van der Waals surface area contributed by atoms with Gasteiger partial charge >= 0.3 is 6.18 Å². The van der Waals surface area contributed by atoms with Crippen molar-refractivity contribution in [1.29, 1.82) is 0 Å². The Kier molecular flexibility index (Phi) is 4.55. The van der Waals surface area contributed by atoms with Crippen LogP contribution in [0, 0.1) is 13.8 Å². The maximum atomic E-state index is 12.2. The third kappa shape index (κ3) is 4.81. The first-order chi connectivity index (χ1) is 9.83. The SMILES string of the molecule is Cc1nc(CNc2cccc(CCC(F)(F)F)c2)[nH]c1C. The van der Waals surface area contributed by atoms with Gasteiger partial charge in [-0.1, -0.05) is 12.1 Å². The number of anilines is 1. The van der Waals surface area contributed by atoms with E-state index in [0.717, 1.165) is 22.9 Å². The maximum absolute atomic E-state index is 12.2. The largest absolute Gasteiger partial charge is 0.389 e. The van der Waals surface area contributed by atoms with E-state index in [0.29, 0.717) is 12.1 Å². The zero-order valence-electron chi connectivity index (χ0n) is 12.0. The van der Waals surface area contributed by atoms with Gasteiger partial charge in [-0.3, -0.25) is 0 Å². The molecule has 2 aromatic rings. The highest BCUT2D eigenvalue weighted by molar-refractivity contribution is 5.45. The average Bonchev–Trinajstić information content (AvgIpc) is 2.73. The van der Waals surface area contributed by atoms with Gasteiger partial charge in [0, 0.05) is 17.8 Å². The molecule has 0 aliphatic rings. The van der Waals surface area contributed by atoms with E-state index >= 15 is 0 Å². The fraction of sp³-hybridized carbons (Fsp3) is 0.400. The van der Waals surface area contributed by atoms with E-state index in [2.05, 4.69) is 15.3 Å². The molecule has 1 heterocycles. The van der Waals surface area contributed by atoms with Gasteiger partial charge in [-0.05, 0) is 38.0 Å². The van der Waals surface area contributed by atoms with Crippen molar-refractivity contribution >= 4 is 5.69 Å². The summed E-state index contributed by atoms with van der Waals surface area (Å²) in [5.41, 5.74) is 3.43. The zero-order valence-corrected chi connectivity index (χ0v) is 12.0. The number of benzene rings is 1. The molecular weight excluding hydrogens is 279 g/mol. The van der Waals surface area contributed by atoms with Crippen LogP contribution in [0.4, 0.5) is 18.9 Å². The van der Waals surface area contributed by atoms with Gasteiger partial charge < -0.3 is 10.3 Å². The van der Waals surface area contributed by atoms with Crippen molar-refractivity contribution in [3.8, 4) is 0 Å². The number of aromatic amines is 1. The summed E-state index contributed by atoms with van der Waals surface area (Å²) in [7, 11) is 0. The van der Waals surface area contributed by atoms with E-state index in [1.807, 2.05) is 19.9 Å². The van der Waals surface area contributed by atoms with Gasteiger partial charge in [-0.2, -0.15) is 13.2 Å². The number of aryl methyl sites for hydroxylation is 3. The molecule has 0 amide bonds. The summed E-state index contributed by atoms with van der Waals surface area (Å²) < 4.78 is 36.7. The lowest BCUT2D eigenvalue weighted by Crippen LogP contribution is -2.08. The molecule has 3 nitrogen and oxygen atoms in total. The van der Waals surface area contributed by atoms with E-state index in [1.54, 1.807) is 18.2 Å². The third-order valence-corrected chi connectivity index (χ3v) is 3.26. The molecule has 1 aromatic carbocycles. The predicted octanol–water partition coefficient (Wildman–Crippen LogP) is 4.13. The molecule has 0 unspecified atom stereocenters. The lowest BCUT2D eigenvalue weighted by molar-refractivity contribution is -0.133. The van der Waals surface area contributed by atoms with Crippen molar-refractivity contribution in [1.82, 2.24) is 9.97 Å². The van der Waals surface area contributed by atoms with E-state index in [1.165, 1.54) is 0 Å². The van der Waals surface area contributed by atoms with Crippen LogP contribution in [-0.2, 0) is 13.0 Å². The quantitative estimate of drug-likeness (QED) is 0.871. The highest BCUT2D eigenvalue weighted by atomic mass is 19.4. The zero-order chi connectivity index (χ0) is 15.5. The molecule has 2 N–H and O–H groups in total. The van der Waals surface area contributed by atoms with E-state index < -0.39 is 12.6 Å². The Morgan fingerprint density at radius 1 is 1.24 bits per heavy atom. The van der Waals surface area contributed by atoms with Gasteiger partial charge in [0.25, 0.3) is 0 Å². The second-order valence-electron chi connectivity index (χ2n) is 5.06. The highest BCUT2D eigenvalue weighted by Crippen LogP contribution is 2.23. The van der Waals surface area contributed by atoms with E-state index in [-0.39, 0.29) is 6.42 Å². The van der Waals surface area contributed by atoms with Crippen LogP contribution in [0.3, 0.4) is 0 Å². The number of nitrogens with one attached hydrogen (secondary N) is 2. The van der Waals surface area contributed by atoms with Gasteiger partial charge in [0.05, 0.1) is 12.2 Å². The number of rotatable bonds is 5. The number of hydrogen-bond donors (Lipinski definition) is 2. The smallest absolute Gasteiger partial charge is 0.378 e. The number of H-pyrrole nitrogens is 1. The molecule has 1 aromatic heterocycles. The van der Waals surface area contributed by atoms with Crippen LogP contribution in [0.5, 0.6) is 0 Å². The normalized spacial score (nSPS) is 11.7. The lowest BCUT2D eigenvalue weighted by atomic mass is 10.1. The fourth-order valence-electron chi connectivity index (χ4n) is 2.01. The number of imidazole rings is 1. The Balaban J connectivity index is 1.94. The summed E-state index contributed by atoms with van der Waals surface area (Å²) in [5, 5.41) is 3.16. The molecule has 2 rings (SSSR count). The van der Waals surface area contributed by atoms with Crippen LogP contribution >= 0.6 is 0 Å². The van der Waals surface area contributed by atoms with Crippen LogP contribution in [-0.4, -0.2) is 16.1 Å². The molecule has 0 aliphatic carbocycles. The molecule has 0 aliphatic heterocycles. The second kappa shape index (κ2) is 6.20. The molecule has 0 spiro atoms. The van der Waals surface area contributed by atoms with Crippen molar-refractivity contribution in [2.75, 3.05) is 5.32 Å². The van der Waals surface area contributed by atoms with Crippen molar-refractivity contribution in [3.63, 3.8) is 0 Å². The van der Waals surface area contributed by atoms with Gasteiger partial charge in [-0.25, -0.2) is 4.98 Å². The Labute approximate surface area is 121 Å². The predicted molar refractivity (Wildman–Crippen MR) is 76.2 cm³/mol. The molecule has 0 radical (unpaired) electrons. The number of aromatic nitrogens is 2. The minimum Gasteiger partial charge on any atom is -0.378 e. The molecule has 0 fully saturated rings. The molecule has 0 atom stereocenters. The lowest BCUT2D eigenvalue weighted by Gasteiger charge is -2.09. The van der Waals surface area contributed by atoms with Crippen molar-refractivity contribution in [2.24, 2.45) is 0 Å². The summed E-state index contributed by atoms with van der Waals surface area (Å²) in [4.78, 5) is 7.50. The van der Waals surface area contributed by atoms with Crippen LogP contribution < -0.4 is 5.32 Å². The maximum Gasteiger partial charge on any atom is 0.389 e.